The number of nitrogens with zero attached hydrogens (tertiary/aromatic N) is 1. The predicted octanol–water partition coefficient (Wildman–Crippen LogP) is 6.42. The van der Waals surface area contributed by atoms with E-state index in [1.165, 1.54) is 27.8 Å². The molecule has 1 aliphatic carbocycles. The normalized spacial score (nSPS) is 17.2. The van der Waals surface area contributed by atoms with Crippen LogP contribution in [0, 0.1) is 0 Å². The molecule has 139 valence electrons. The van der Waals surface area contributed by atoms with E-state index in [9.17, 15) is 0 Å². The Labute approximate surface area is 185 Å². The summed E-state index contributed by atoms with van der Waals surface area (Å²) in [5, 5.41) is 1.16. The van der Waals surface area contributed by atoms with Gasteiger partial charge in [0.05, 0.1) is 0 Å². The molecule has 0 fully saturated rings. The summed E-state index contributed by atoms with van der Waals surface area (Å²) in [6.07, 6.45) is 4.19. The molecule has 4 aromatic rings. The maximum atomic E-state index is 4.72. The van der Waals surface area contributed by atoms with Crippen LogP contribution in [0.2, 0.25) is 0 Å². The number of aromatic nitrogens is 1. The standard InChI is InChI=1S/C24H16N.2ClH.Cr/c1-2-8-17(9-3-1)22-16-19-10-4-5-13-20(19)23(22)21-14-6-11-18-12-7-15-25-24(18)21;;;/h1-16H;2*1H;. The molecule has 0 bridgehead atoms. The fourth-order valence-corrected chi connectivity index (χ4v) is 4.75. The summed E-state index contributed by atoms with van der Waals surface area (Å²) in [7, 11) is 0. The van der Waals surface area contributed by atoms with E-state index >= 15 is 0 Å². The summed E-state index contributed by atoms with van der Waals surface area (Å²) in [5.74, 6) is 0. The Morgan fingerprint density at radius 1 is 0.679 bits per heavy atom. The first-order valence-electron chi connectivity index (χ1n) is 8.70. The zero-order valence-corrected chi connectivity index (χ0v) is 17.8. The number of fused-ring (bicyclic) bond motifs is 2. The van der Waals surface area contributed by atoms with Gasteiger partial charge in [0.1, 0.15) is 0 Å². The molecule has 1 heterocycles. The fraction of sp³-hybridized carbons (Fsp3) is 0.0417. The van der Waals surface area contributed by atoms with Gasteiger partial charge in [-0.25, -0.2) is 0 Å². The number of halogens is 2. The number of allylic oxidation sites excluding steroid dienone is 1. The van der Waals surface area contributed by atoms with Crippen molar-refractivity contribution in [2.45, 2.75) is 4.28 Å². The molecule has 0 saturated carbocycles. The van der Waals surface area contributed by atoms with Crippen LogP contribution in [0.3, 0.4) is 0 Å². The first-order chi connectivity index (χ1) is 12.8. The fourth-order valence-electron chi connectivity index (χ4n) is 3.93. The van der Waals surface area contributed by atoms with Crippen molar-refractivity contribution in [1.82, 2.24) is 4.98 Å². The van der Waals surface area contributed by atoms with Crippen LogP contribution in [0.15, 0.2) is 91.1 Å². The van der Waals surface area contributed by atoms with Crippen molar-refractivity contribution in [2.75, 3.05) is 0 Å². The molecule has 0 radical (unpaired) electrons. The molecule has 0 N–H and O–H groups in total. The van der Waals surface area contributed by atoms with Gasteiger partial charge in [0.15, 0.2) is 0 Å². The average molecular weight is 443 g/mol. The van der Waals surface area contributed by atoms with Gasteiger partial charge in [-0.05, 0) is 0 Å². The third-order valence-electron chi connectivity index (χ3n) is 5.12. The summed E-state index contributed by atoms with van der Waals surface area (Å²) in [6, 6.07) is 29.8. The van der Waals surface area contributed by atoms with Crippen LogP contribution in [-0.4, -0.2) is 4.98 Å². The molecular weight excluding hydrogens is 425 g/mol. The molecule has 3 aromatic carbocycles. The molecule has 0 spiro atoms. The molecule has 1 atom stereocenters. The Morgan fingerprint density at radius 2 is 1.36 bits per heavy atom. The van der Waals surface area contributed by atoms with Crippen molar-refractivity contribution in [1.29, 1.82) is 0 Å². The quantitative estimate of drug-likeness (QED) is 0.348. The zero-order valence-electron chi connectivity index (χ0n) is 14.9. The summed E-state index contributed by atoms with van der Waals surface area (Å²) >= 11 is 3.56. The molecule has 28 heavy (non-hydrogen) atoms. The van der Waals surface area contributed by atoms with Crippen molar-refractivity contribution in [3.05, 3.63) is 113 Å². The van der Waals surface area contributed by atoms with E-state index in [1.807, 2.05) is 12.3 Å². The first-order valence-corrected chi connectivity index (χ1v) is 9.34. The number of pyridine rings is 1. The van der Waals surface area contributed by atoms with Gasteiger partial charge in [-0.2, -0.15) is 0 Å². The van der Waals surface area contributed by atoms with E-state index < -0.39 is 0 Å². The van der Waals surface area contributed by atoms with E-state index in [-0.39, 0.29) is 29.1 Å². The monoisotopic (exact) mass is 442 g/mol. The predicted molar refractivity (Wildman–Crippen MR) is 118 cm³/mol. The van der Waals surface area contributed by atoms with Crippen LogP contribution in [-0.2, 0) is 20.6 Å². The number of hydrogen-bond acceptors (Lipinski definition) is 1. The van der Waals surface area contributed by atoms with Gasteiger partial charge in [-0.1, -0.05) is 0 Å². The minimum absolute atomic E-state index is 0. The number of hydrogen-bond donors (Lipinski definition) is 0. The van der Waals surface area contributed by atoms with Gasteiger partial charge in [0.2, 0.25) is 0 Å². The van der Waals surface area contributed by atoms with E-state index in [2.05, 4.69) is 101 Å². The molecule has 1 unspecified atom stereocenters. The molecular formula is C24H18Cl2CrN. The number of rotatable bonds is 2. The van der Waals surface area contributed by atoms with Crippen LogP contribution in [0.1, 0.15) is 22.3 Å². The molecule has 1 aromatic heterocycles. The van der Waals surface area contributed by atoms with Crippen molar-refractivity contribution in [2.24, 2.45) is 0 Å². The molecule has 0 amide bonds. The summed E-state index contributed by atoms with van der Waals surface area (Å²) in [6.45, 7) is 0. The van der Waals surface area contributed by atoms with Crippen molar-refractivity contribution in [3.63, 3.8) is 0 Å². The second-order valence-corrected chi connectivity index (χ2v) is 7.53. The number of para-hydroxylation sites is 1. The van der Waals surface area contributed by atoms with Gasteiger partial charge in [0.25, 0.3) is 0 Å². The van der Waals surface area contributed by atoms with Crippen LogP contribution in [0.4, 0.5) is 0 Å². The van der Waals surface area contributed by atoms with Gasteiger partial charge >= 0.3 is 161 Å². The third kappa shape index (κ3) is 3.08. The van der Waals surface area contributed by atoms with E-state index in [0.29, 0.717) is 0 Å². The molecule has 5 rings (SSSR count). The molecule has 0 saturated heterocycles. The first kappa shape index (κ1) is 20.7. The summed E-state index contributed by atoms with van der Waals surface area (Å²) in [5.41, 5.74) is 7.31. The van der Waals surface area contributed by atoms with Crippen molar-refractivity contribution >= 4 is 47.4 Å². The van der Waals surface area contributed by atoms with Crippen LogP contribution < -0.4 is 0 Å². The van der Waals surface area contributed by atoms with E-state index in [4.69, 9.17) is 4.98 Å². The van der Waals surface area contributed by atoms with E-state index in [0.717, 1.165) is 10.9 Å². The van der Waals surface area contributed by atoms with Crippen LogP contribution >= 0.6 is 24.8 Å². The Kier molecular flexibility index (Phi) is 5.99. The SMILES string of the molecule is Cl.Cl.[Cr][C]1(c2cccc3cccnc23)C(c2ccccc2)=Cc2ccccc21. The summed E-state index contributed by atoms with van der Waals surface area (Å²) < 4.78 is -0.355. The van der Waals surface area contributed by atoms with Crippen LogP contribution in [0.25, 0.3) is 22.6 Å². The Hall–Kier alpha value is -2.08. The topological polar surface area (TPSA) is 12.9 Å². The zero-order chi connectivity index (χ0) is 17.6. The molecule has 1 aliphatic rings. The van der Waals surface area contributed by atoms with Crippen molar-refractivity contribution in [3.8, 4) is 0 Å². The molecule has 0 aliphatic heterocycles. The Bertz CT molecular complexity index is 1150. The molecule has 1 nitrogen and oxygen atoms in total. The van der Waals surface area contributed by atoms with Gasteiger partial charge in [-0.15, -0.1) is 24.8 Å². The van der Waals surface area contributed by atoms with Crippen molar-refractivity contribution < 1.29 is 16.3 Å². The molecule has 4 heteroatoms. The Balaban J connectivity index is 0.00000112. The maximum absolute atomic E-state index is 4.72. The van der Waals surface area contributed by atoms with Gasteiger partial charge < -0.3 is 0 Å². The second-order valence-electron chi connectivity index (χ2n) is 6.57. The van der Waals surface area contributed by atoms with E-state index in [1.54, 1.807) is 0 Å². The summed E-state index contributed by atoms with van der Waals surface area (Å²) in [4.78, 5) is 4.72. The van der Waals surface area contributed by atoms with Crippen LogP contribution in [0.5, 0.6) is 0 Å². The second kappa shape index (κ2) is 8.12. The average Bonchev–Trinajstić information content (AvgIpc) is 3.02. The minimum atomic E-state index is -0.355. The van der Waals surface area contributed by atoms with Gasteiger partial charge in [0, 0.05) is 0 Å². The van der Waals surface area contributed by atoms with Gasteiger partial charge in [-0.3, -0.25) is 0 Å². The Morgan fingerprint density at radius 3 is 2.18 bits per heavy atom. The number of benzene rings is 3. The third-order valence-corrected chi connectivity index (χ3v) is 6.15.